The van der Waals surface area contributed by atoms with E-state index in [2.05, 4.69) is 10.2 Å². The third-order valence-electron chi connectivity index (χ3n) is 2.17. The molecule has 0 amide bonds. The molecule has 0 aliphatic heterocycles. The highest BCUT2D eigenvalue weighted by atomic mass is 16.6. The van der Waals surface area contributed by atoms with Gasteiger partial charge in [-0.1, -0.05) is 6.07 Å². The van der Waals surface area contributed by atoms with Crippen LogP contribution < -0.4 is 0 Å². The molecule has 0 bridgehead atoms. The zero-order valence-electron chi connectivity index (χ0n) is 7.99. The Morgan fingerprint density at radius 3 is 2.60 bits per heavy atom. The minimum atomic E-state index is -0.400. The van der Waals surface area contributed by atoms with Crippen molar-refractivity contribution in [2.24, 2.45) is 0 Å². The molecule has 0 fully saturated rings. The third kappa shape index (κ3) is 1.56. The Bertz CT molecular complexity index is 493. The molecule has 0 N–H and O–H groups in total. The van der Waals surface area contributed by atoms with Crippen LogP contribution in [0.1, 0.15) is 5.56 Å². The van der Waals surface area contributed by atoms with Crippen LogP contribution in [-0.2, 0) is 0 Å². The van der Waals surface area contributed by atoms with E-state index in [-0.39, 0.29) is 5.69 Å². The van der Waals surface area contributed by atoms with E-state index in [1.54, 1.807) is 23.6 Å². The first kappa shape index (κ1) is 9.32. The highest BCUT2D eigenvalue weighted by molar-refractivity contribution is 5.52. The van der Waals surface area contributed by atoms with Crippen LogP contribution in [0.4, 0.5) is 5.69 Å². The van der Waals surface area contributed by atoms with Gasteiger partial charge in [0, 0.05) is 6.07 Å². The molecule has 0 radical (unpaired) electrons. The SMILES string of the molecule is Cc1c(-n2cnnc2)cccc1[N+](=O)[O-]. The summed E-state index contributed by atoms with van der Waals surface area (Å²) in [4.78, 5) is 10.3. The second-order valence-electron chi connectivity index (χ2n) is 3.05. The molecule has 1 heterocycles. The highest BCUT2D eigenvalue weighted by Crippen LogP contribution is 2.23. The molecule has 0 saturated heterocycles. The lowest BCUT2D eigenvalue weighted by molar-refractivity contribution is -0.385. The van der Waals surface area contributed by atoms with Crippen molar-refractivity contribution in [3.8, 4) is 5.69 Å². The molecule has 76 valence electrons. The Morgan fingerprint density at radius 2 is 2.00 bits per heavy atom. The lowest BCUT2D eigenvalue weighted by Gasteiger charge is -2.05. The van der Waals surface area contributed by atoms with E-state index >= 15 is 0 Å². The summed E-state index contributed by atoms with van der Waals surface area (Å²) in [5, 5.41) is 18.0. The van der Waals surface area contributed by atoms with E-state index < -0.39 is 4.92 Å². The van der Waals surface area contributed by atoms with E-state index in [1.807, 2.05) is 0 Å². The number of nitro groups is 1. The number of nitro benzene ring substituents is 1. The molecule has 2 aromatic rings. The summed E-state index contributed by atoms with van der Waals surface area (Å²) in [6, 6.07) is 4.90. The monoisotopic (exact) mass is 204 g/mol. The first-order chi connectivity index (χ1) is 7.20. The predicted octanol–water partition coefficient (Wildman–Crippen LogP) is 1.48. The fraction of sp³-hybridized carbons (Fsp3) is 0.111. The van der Waals surface area contributed by atoms with E-state index in [9.17, 15) is 10.1 Å². The molecule has 15 heavy (non-hydrogen) atoms. The summed E-state index contributed by atoms with van der Waals surface area (Å²) < 4.78 is 1.64. The number of benzene rings is 1. The van der Waals surface area contributed by atoms with E-state index in [0.29, 0.717) is 11.3 Å². The molecule has 0 atom stereocenters. The van der Waals surface area contributed by atoms with Gasteiger partial charge in [0.1, 0.15) is 12.7 Å². The smallest absolute Gasteiger partial charge is 0.274 e. The number of hydrogen-bond donors (Lipinski definition) is 0. The van der Waals surface area contributed by atoms with Crippen molar-refractivity contribution in [3.63, 3.8) is 0 Å². The topological polar surface area (TPSA) is 73.8 Å². The fourth-order valence-electron chi connectivity index (χ4n) is 1.41. The third-order valence-corrected chi connectivity index (χ3v) is 2.17. The summed E-state index contributed by atoms with van der Waals surface area (Å²) in [7, 11) is 0. The van der Waals surface area contributed by atoms with Crippen molar-refractivity contribution in [2.45, 2.75) is 6.92 Å². The molecular formula is C9H8N4O2. The van der Waals surface area contributed by atoms with Gasteiger partial charge in [-0.25, -0.2) is 0 Å². The maximum atomic E-state index is 10.7. The van der Waals surface area contributed by atoms with Gasteiger partial charge in [0.15, 0.2) is 0 Å². The van der Waals surface area contributed by atoms with Crippen molar-refractivity contribution >= 4 is 5.69 Å². The van der Waals surface area contributed by atoms with E-state index in [0.717, 1.165) is 0 Å². The largest absolute Gasteiger partial charge is 0.288 e. The number of rotatable bonds is 2. The van der Waals surface area contributed by atoms with Gasteiger partial charge in [-0.15, -0.1) is 10.2 Å². The molecule has 0 saturated carbocycles. The molecule has 1 aromatic heterocycles. The summed E-state index contributed by atoms with van der Waals surface area (Å²) >= 11 is 0. The zero-order valence-corrected chi connectivity index (χ0v) is 7.99. The normalized spacial score (nSPS) is 10.2. The molecule has 2 rings (SSSR count). The molecule has 6 nitrogen and oxygen atoms in total. The maximum absolute atomic E-state index is 10.7. The minimum absolute atomic E-state index is 0.0983. The van der Waals surface area contributed by atoms with Crippen LogP contribution in [0, 0.1) is 17.0 Å². The first-order valence-corrected chi connectivity index (χ1v) is 4.29. The maximum Gasteiger partial charge on any atom is 0.274 e. The van der Waals surface area contributed by atoms with Crippen LogP contribution in [0.2, 0.25) is 0 Å². The lowest BCUT2D eigenvalue weighted by Crippen LogP contribution is -1.98. The van der Waals surface area contributed by atoms with Crippen molar-refractivity contribution in [1.29, 1.82) is 0 Å². The average molecular weight is 204 g/mol. The van der Waals surface area contributed by atoms with Gasteiger partial charge >= 0.3 is 0 Å². The standard InChI is InChI=1S/C9H8N4O2/c1-7-8(12-5-10-11-6-12)3-2-4-9(7)13(14)15/h2-6H,1H3. The fourth-order valence-corrected chi connectivity index (χ4v) is 1.41. The quantitative estimate of drug-likeness (QED) is 0.548. The number of nitrogens with zero attached hydrogens (tertiary/aromatic N) is 4. The molecule has 0 unspecified atom stereocenters. The Morgan fingerprint density at radius 1 is 1.33 bits per heavy atom. The minimum Gasteiger partial charge on any atom is -0.288 e. The van der Waals surface area contributed by atoms with Gasteiger partial charge in [0.05, 0.1) is 16.2 Å². The van der Waals surface area contributed by atoms with Crippen LogP contribution in [-0.4, -0.2) is 19.7 Å². The van der Waals surface area contributed by atoms with Crippen molar-refractivity contribution in [1.82, 2.24) is 14.8 Å². The molecule has 6 heteroatoms. The van der Waals surface area contributed by atoms with Crippen molar-refractivity contribution in [3.05, 3.63) is 46.5 Å². The number of hydrogen-bond acceptors (Lipinski definition) is 4. The van der Waals surface area contributed by atoms with Gasteiger partial charge in [-0.05, 0) is 13.0 Å². The molecule has 0 aliphatic rings. The van der Waals surface area contributed by atoms with Crippen LogP contribution in [0.25, 0.3) is 5.69 Å². The first-order valence-electron chi connectivity index (χ1n) is 4.29. The lowest BCUT2D eigenvalue weighted by atomic mass is 10.1. The van der Waals surface area contributed by atoms with Crippen molar-refractivity contribution in [2.75, 3.05) is 0 Å². The zero-order chi connectivity index (χ0) is 10.8. The van der Waals surface area contributed by atoms with Crippen LogP contribution >= 0.6 is 0 Å². The summed E-state index contributed by atoms with van der Waals surface area (Å²) in [5.74, 6) is 0. The molecule has 0 spiro atoms. The number of aromatic nitrogens is 3. The average Bonchev–Trinajstić information content (AvgIpc) is 2.70. The summed E-state index contributed by atoms with van der Waals surface area (Å²) in [6.45, 7) is 1.70. The molecular weight excluding hydrogens is 196 g/mol. The summed E-state index contributed by atoms with van der Waals surface area (Å²) in [6.07, 6.45) is 3.01. The van der Waals surface area contributed by atoms with Gasteiger partial charge < -0.3 is 0 Å². The van der Waals surface area contributed by atoms with Crippen LogP contribution in [0.5, 0.6) is 0 Å². The second kappa shape index (κ2) is 3.49. The summed E-state index contributed by atoms with van der Waals surface area (Å²) in [5.41, 5.74) is 1.41. The highest BCUT2D eigenvalue weighted by Gasteiger charge is 2.13. The molecule has 1 aromatic carbocycles. The Kier molecular flexibility index (Phi) is 2.17. The van der Waals surface area contributed by atoms with E-state index in [1.165, 1.54) is 18.7 Å². The van der Waals surface area contributed by atoms with Crippen LogP contribution in [0.3, 0.4) is 0 Å². The van der Waals surface area contributed by atoms with Crippen LogP contribution in [0.15, 0.2) is 30.9 Å². The molecule has 0 aliphatic carbocycles. The Labute approximate surface area is 85.3 Å². The second-order valence-corrected chi connectivity index (χ2v) is 3.05. The Hall–Kier alpha value is -2.24. The van der Waals surface area contributed by atoms with E-state index in [4.69, 9.17) is 0 Å². The van der Waals surface area contributed by atoms with Gasteiger partial charge in [-0.3, -0.25) is 14.7 Å². The van der Waals surface area contributed by atoms with Gasteiger partial charge in [0.25, 0.3) is 5.69 Å². The van der Waals surface area contributed by atoms with Crippen molar-refractivity contribution < 1.29 is 4.92 Å². The predicted molar refractivity (Wildman–Crippen MR) is 52.8 cm³/mol. The Balaban J connectivity index is 2.59. The van der Waals surface area contributed by atoms with Gasteiger partial charge in [-0.2, -0.15) is 0 Å². The van der Waals surface area contributed by atoms with Gasteiger partial charge in [0.2, 0.25) is 0 Å².